The van der Waals surface area contributed by atoms with Crippen LogP contribution in [0.3, 0.4) is 0 Å². The number of likely N-dealkylation sites (N-methyl/N-ethyl adjacent to an activating group) is 1. The van der Waals surface area contributed by atoms with Crippen LogP contribution in [0, 0.1) is 0 Å². The molecule has 14 heavy (non-hydrogen) atoms. The Hall–Kier alpha value is -0.610. The molecule has 0 bridgehead atoms. The van der Waals surface area contributed by atoms with Crippen LogP contribution in [0.2, 0.25) is 0 Å². The van der Waals surface area contributed by atoms with Gasteiger partial charge in [-0.3, -0.25) is 4.79 Å². The lowest BCUT2D eigenvalue weighted by molar-refractivity contribution is -0.122. The molecule has 1 aliphatic rings. The minimum atomic E-state index is 0.0254. The van der Waals surface area contributed by atoms with E-state index in [1.165, 1.54) is 0 Å². The number of nitrogens with zero attached hydrogens (tertiary/aromatic N) is 1. The molecule has 4 nitrogen and oxygen atoms in total. The maximum atomic E-state index is 11.5. The van der Waals surface area contributed by atoms with Crippen LogP contribution in [0.25, 0.3) is 0 Å². The minimum Gasteiger partial charge on any atom is -0.355 e. The summed E-state index contributed by atoms with van der Waals surface area (Å²) in [5.41, 5.74) is 0. The number of amides is 1. The van der Waals surface area contributed by atoms with E-state index < -0.39 is 0 Å². The van der Waals surface area contributed by atoms with Crippen molar-refractivity contribution in [3.8, 4) is 0 Å². The zero-order valence-electron chi connectivity index (χ0n) is 9.18. The second-order valence-corrected chi connectivity index (χ2v) is 4.10. The molecule has 4 heteroatoms. The fourth-order valence-electron chi connectivity index (χ4n) is 1.60. The summed E-state index contributed by atoms with van der Waals surface area (Å²) < 4.78 is 0. The van der Waals surface area contributed by atoms with Gasteiger partial charge in [-0.15, -0.1) is 0 Å². The fourth-order valence-corrected chi connectivity index (χ4v) is 1.60. The van der Waals surface area contributed by atoms with Crippen LogP contribution >= 0.6 is 0 Å². The van der Waals surface area contributed by atoms with Crippen molar-refractivity contribution in [1.29, 1.82) is 0 Å². The number of rotatable bonds is 4. The third kappa shape index (κ3) is 4.07. The SMILES string of the molecule is CN(C)CCNC1CCCCNC1=O. The molecule has 1 amide bonds. The van der Waals surface area contributed by atoms with Gasteiger partial charge < -0.3 is 15.5 Å². The molecule has 0 aromatic rings. The van der Waals surface area contributed by atoms with E-state index in [0.717, 1.165) is 38.9 Å². The molecule has 1 saturated heterocycles. The lowest BCUT2D eigenvalue weighted by Gasteiger charge is -2.16. The number of carbonyl (C=O) groups is 1. The van der Waals surface area contributed by atoms with Crippen molar-refractivity contribution in [2.75, 3.05) is 33.7 Å². The van der Waals surface area contributed by atoms with Gasteiger partial charge >= 0.3 is 0 Å². The molecule has 0 saturated carbocycles. The zero-order valence-corrected chi connectivity index (χ0v) is 9.18. The van der Waals surface area contributed by atoms with Crippen molar-refractivity contribution in [2.24, 2.45) is 0 Å². The summed E-state index contributed by atoms with van der Waals surface area (Å²) in [5.74, 6) is 0.168. The maximum Gasteiger partial charge on any atom is 0.237 e. The number of nitrogens with one attached hydrogen (secondary N) is 2. The summed E-state index contributed by atoms with van der Waals surface area (Å²) in [7, 11) is 4.07. The molecule has 1 heterocycles. The Kier molecular flexibility index (Phi) is 4.90. The molecule has 1 aliphatic heterocycles. The first-order valence-electron chi connectivity index (χ1n) is 5.36. The van der Waals surface area contributed by atoms with Crippen LogP contribution in [0.4, 0.5) is 0 Å². The van der Waals surface area contributed by atoms with E-state index in [1.807, 2.05) is 14.1 Å². The Morgan fingerprint density at radius 1 is 1.50 bits per heavy atom. The van der Waals surface area contributed by atoms with Crippen molar-refractivity contribution in [3.05, 3.63) is 0 Å². The minimum absolute atomic E-state index is 0.0254. The average Bonchev–Trinajstić information content (AvgIpc) is 2.31. The van der Waals surface area contributed by atoms with E-state index in [1.54, 1.807) is 0 Å². The molecule has 1 unspecified atom stereocenters. The molecule has 1 rings (SSSR count). The Bertz CT molecular complexity index is 182. The highest BCUT2D eigenvalue weighted by Crippen LogP contribution is 2.04. The third-order valence-corrected chi connectivity index (χ3v) is 2.49. The topological polar surface area (TPSA) is 44.4 Å². The highest BCUT2D eigenvalue weighted by atomic mass is 16.2. The largest absolute Gasteiger partial charge is 0.355 e. The predicted molar refractivity (Wildman–Crippen MR) is 57.2 cm³/mol. The number of hydrogen-bond acceptors (Lipinski definition) is 3. The second kappa shape index (κ2) is 5.98. The van der Waals surface area contributed by atoms with Gasteiger partial charge in [0.2, 0.25) is 5.91 Å². The van der Waals surface area contributed by atoms with E-state index in [-0.39, 0.29) is 11.9 Å². The summed E-state index contributed by atoms with van der Waals surface area (Å²) in [6.07, 6.45) is 3.22. The van der Waals surface area contributed by atoms with Crippen molar-refractivity contribution >= 4 is 5.91 Å². The molecule has 0 spiro atoms. The second-order valence-electron chi connectivity index (χ2n) is 4.10. The van der Waals surface area contributed by atoms with Gasteiger partial charge in [-0.1, -0.05) is 0 Å². The normalized spacial score (nSPS) is 23.4. The smallest absolute Gasteiger partial charge is 0.237 e. The summed E-state index contributed by atoms with van der Waals surface area (Å²) in [6, 6.07) is 0.0254. The van der Waals surface area contributed by atoms with Crippen LogP contribution in [0.1, 0.15) is 19.3 Å². The Labute approximate surface area is 86.0 Å². The van der Waals surface area contributed by atoms with Gasteiger partial charge in [0.05, 0.1) is 6.04 Å². The van der Waals surface area contributed by atoms with E-state index in [2.05, 4.69) is 15.5 Å². The van der Waals surface area contributed by atoms with Crippen LogP contribution in [-0.4, -0.2) is 50.6 Å². The van der Waals surface area contributed by atoms with Crippen molar-refractivity contribution in [3.63, 3.8) is 0 Å². The van der Waals surface area contributed by atoms with Gasteiger partial charge in [0.15, 0.2) is 0 Å². The predicted octanol–water partition coefficient (Wildman–Crippen LogP) is -0.194. The first-order valence-corrected chi connectivity index (χ1v) is 5.36. The summed E-state index contributed by atoms with van der Waals surface area (Å²) in [6.45, 7) is 2.69. The molecular formula is C10H21N3O. The Balaban J connectivity index is 2.23. The number of carbonyl (C=O) groups excluding carboxylic acids is 1. The highest BCUT2D eigenvalue weighted by Gasteiger charge is 2.19. The van der Waals surface area contributed by atoms with Crippen LogP contribution in [0.15, 0.2) is 0 Å². The fraction of sp³-hybridized carbons (Fsp3) is 0.900. The quantitative estimate of drug-likeness (QED) is 0.659. The highest BCUT2D eigenvalue weighted by molar-refractivity contribution is 5.81. The van der Waals surface area contributed by atoms with Crippen LogP contribution in [0.5, 0.6) is 0 Å². The molecule has 2 N–H and O–H groups in total. The third-order valence-electron chi connectivity index (χ3n) is 2.49. The van der Waals surface area contributed by atoms with Gasteiger partial charge in [-0.2, -0.15) is 0 Å². The Morgan fingerprint density at radius 2 is 2.29 bits per heavy atom. The van der Waals surface area contributed by atoms with Crippen molar-refractivity contribution in [1.82, 2.24) is 15.5 Å². The molecule has 0 aromatic heterocycles. The summed E-state index contributed by atoms with van der Waals surface area (Å²) in [5, 5.41) is 6.21. The van der Waals surface area contributed by atoms with Gasteiger partial charge in [-0.05, 0) is 33.4 Å². The molecule has 0 aromatic carbocycles. The summed E-state index contributed by atoms with van der Waals surface area (Å²) >= 11 is 0. The number of hydrogen-bond donors (Lipinski definition) is 2. The molecule has 0 aliphatic carbocycles. The summed E-state index contributed by atoms with van der Waals surface area (Å²) in [4.78, 5) is 13.6. The van der Waals surface area contributed by atoms with E-state index in [9.17, 15) is 4.79 Å². The molecule has 82 valence electrons. The van der Waals surface area contributed by atoms with Gasteiger partial charge in [0.25, 0.3) is 0 Å². The first kappa shape index (κ1) is 11.5. The Morgan fingerprint density at radius 3 is 3.00 bits per heavy atom. The molecule has 1 atom stereocenters. The average molecular weight is 199 g/mol. The standard InChI is InChI=1S/C10H21N3O/c1-13(2)8-7-11-9-5-3-4-6-12-10(9)14/h9,11H,3-8H2,1-2H3,(H,12,14). The van der Waals surface area contributed by atoms with Gasteiger partial charge in [0.1, 0.15) is 0 Å². The molecular weight excluding hydrogens is 178 g/mol. The molecule has 0 radical (unpaired) electrons. The maximum absolute atomic E-state index is 11.5. The first-order chi connectivity index (χ1) is 6.70. The van der Waals surface area contributed by atoms with Crippen molar-refractivity contribution < 1.29 is 4.79 Å². The molecule has 1 fully saturated rings. The van der Waals surface area contributed by atoms with Crippen molar-refractivity contribution in [2.45, 2.75) is 25.3 Å². The van der Waals surface area contributed by atoms with Crippen LogP contribution < -0.4 is 10.6 Å². The van der Waals surface area contributed by atoms with E-state index in [4.69, 9.17) is 0 Å². The van der Waals surface area contributed by atoms with E-state index in [0.29, 0.717) is 0 Å². The van der Waals surface area contributed by atoms with Gasteiger partial charge in [0, 0.05) is 19.6 Å². The van der Waals surface area contributed by atoms with E-state index >= 15 is 0 Å². The van der Waals surface area contributed by atoms with Crippen LogP contribution in [-0.2, 0) is 4.79 Å². The van der Waals surface area contributed by atoms with Gasteiger partial charge in [-0.25, -0.2) is 0 Å². The lowest BCUT2D eigenvalue weighted by Crippen LogP contribution is -2.44. The monoisotopic (exact) mass is 199 g/mol. The zero-order chi connectivity index (χ0) is 10.4. The lowest BCUT2D eigenvalue weighted by atomic mass is 10.1.